The fourth-order valence-electron chi connectivity index (χ4n) is 3.27. The number of hydrogen-bond donors (Lipinski definition) is 1. The highest BCUT2D eigenvalue weighted by Gasteiger charge is 2.30. The van der Waals surface area contributed by atoms with Gasteiger partial charge in [-0.2, -0.15) is 13.2 Å². The first kappa shape index (κ1) is 20.8. The lowest BCUT2D eigenvalue weighted by Gasteiger charge is -2.24. The van der Waals surface area contributed by atoms with Crippen LogP contribution < -0.4 is 14.9 Å². The second-order valence-corrected chi connectivity index (χ2v) is 7.29. The van der Waals surface area contributed by atoms with Crippen molar-refractivity contribution in [2.45, 2.75) is 33.0 Å². The van der Waals surface area contributed by atoms with Gasteiger partial charge in [0, 0.05) is 23.9 Å². The Morgan fingerprint density at radius 3 is 2.62 bits per heavy atom. The minimum absolute atomic E-state index is 0.0279. The Morgan fingerprint density at radius 1 is 1.34 bits per heavy atom. The summed E-state index contributed by atoms with van der Waals surface area (Å²) in [5.41, 5.74) is 0.343. The number of carboxylic acids is 1. The molecule has 0 radical (unpaired) electrons. The molecule has 1 atom stereocenters. The van der Waals surface area contributed by atoms with Crippen LogP contribution in [0.1, 0.15) is 35.8 Å². The number of aryl methyl sites for hydroxylation is 1. The van der Waals surface area contributed by atoms with Gasteiger partial charge in [0.2, 0.25) is 0 Å². The molecule has 0 unspecified atom stereocenters. The second kappa shape index (κ2) is 7.46. The van der Waals surface area contributed by atoms with Crippen molar-refractivity contribution in [3.8, 4) is 22.8 Å². The van der Waals surface area contributed by atoms with Crippen molar-refractivity contribution in [1.82, 2.24) is 4.57 Å². The van der Waals surface area contributed by atoms with Crippen LogP contribution in [0, 0.1) is 12.8 Å². The van der Waals surface area contributed by atoms with E-state index in [9.17, 15) is 27.9 Å². The maximum absolute atomic E-state index is 12.5. The molecule has 0 saturated heterocycles. The highest BCUT2D eigenvalue weighted by molar-refractivity contribution is 5.87. The molecule has 1 aliphatic heterocycles. The van der Waals surface area contributed by atoms with Crippen LogP contribution in [0.2, 0.25) is 0 Å². The Kier molecular flexibility index (Phi) is 5.34. The lowest BCUT2D eigenvalue weighted by atomic mass is 10.0. The van der Waals surface area contributed by atoms with E-state index in [-0.39, 0.29) is 35.6 Å². The van der Waals surface area contributed by atoms with Gasteiger partial charge in [-0.3, -0.25) is 4.79 Å². The molecule has 9 heteroatoms. The van der Waals surface area contributed by atoms with Crippen LogP contribution in [0.15, 0.2) is 29.2 Å². The fourth-order valence-corrected chi connectivity index (χ4v) is 3.27. The normalized spacial score (nSPS) is 15.9. The average Bonchev–Trinajstić information content (AvgIpc) is 2.75. The van der Waals surface area contributed by atoms with Crippen molar-refractivity contribution >= 4 is 5.97 Å². The Bertz CT molecular complexity index is 1010. The predicted octanol–water partition coefficient (Wildman–Crippen LogP) is 4.05. The van der Waals surface area contributed by atoms with E-state index >= 15 is 0 Å². The molecule has 2 heterocycles. The standard InChI is InChI=1S/C20H20F3NO5/c1-10(2)15-8-28-18-6-17(29-9-20(21,22)23)11(3)4-12(18)14-5-16(25)13(19(26)27)7-24(14)15/h4-7,10,15H,8-9H2,1-3H3,(H,26,27)/t15-/m0/s1. The largest absolute Gasteiger partial charge is 0.491 e. The lowest BCUT2D eigenvalue weighted by molar-refractivity contribution is -0.153. The van der Waals surface area contributed by atoms with Gasteiger partial charge >= 0.3 is 12.1 Å². The SMILES string of the molecule is Cc1cc2c(cc1OCC(F)(F)F)OC[C@@H](C(C)C)n1cc(C(=O)O)c(=O)cc1-2. The number of ether oxygens (including phenoxy) is 2. The van der Waals surface area contributed by atoms with Crippen LogP contribution in [0.4, 0.5) is 13.2 Å². The van der Waals surface area contributed by atoms with Gasteiger partial charge in [0.15, 0.2) is 12.0 Å². The average molecular weight is 411 g/mol. The van der Waals surface area contributed by atoms with Crippen LogP contribution in [0.5, 0.6) is 11.5 Å². The van der Waals surface area contributed by atoms with Crippen molar-refractivity contribution in [3.05, 3.63) is 45.7 Å². The molecule has 0 saturated carbocycles. The summed E-state index contributed by atoms with van der Waals surface area (Å²) in [6, 6.07) is 3.90. The smallest absolute Gasteiger partial charge is 0.422 e. The summed E-state index contributed by atoms with van der Waals surface area (Å²) in [4.78, 5) is 23.7. The zero-order valence-electron chi connectivity index (χ0n) is 16.0. The van der Waals surface area contributed by atoms with Crippen LogP contribution in [-0.2, 0) is 0 Å². The number of carboxylic acid groups (broad SMARTS) is 1. The highest BCUT2D eigenvalue weighted by atomic mass is 19.4. The van der Waals surface area contributed by atoms with Gasteiger partial charge in [-0.15, -0.1) is 0 Å². The number of pyridine rings is 1. The molecule has 0 aliphatic carbocycles. The van der Waals surface area contributed by atoms with Crippen molar-refractivity contribution in [1.29, 1.82) is 0 Å². The fraction of sp³-hybridized carbons (Fsp3) is 0.400. The molecule has 0 amide bonds. The third kappa shape index (κ3) is 4.23. The number of rotatable bonds is 4. The monoisotopic (exact) mass is 411 g/mol. The molecule has 0 spiro atoms. The molecule has 1 aliphatic rings. The van der Waals surface area contributed by atoms with Gasteiger partial charge in [0.05, 0.1) is 11.7 Å². The molecule has 3 rings (SSSR count). The van der Waals surface area contributed by atoms with Gasteiger partial charge in [-0.05, 0) is 24.5 Å². The molecule has 6 nitrogen and oxygen atoms in total. The molecular weight excluding hydrogens is 391 g/mol. The van der Waals surface area contributed by atoms with Crippen molar-refractivity contribution < 1.29 is 32.5 Å². The molecule has 29 heavy (non-hydrogen) atoms. The molecule has 156 valence electrons. The van der Waals surface area contributed by atoms with Crippen molar-refractivity contribution in [3.63, 3.8) is 0 Å². The molecule has 2 aromatic rings. The van der Waals surface area contributed by atoms with E-state index in [1.54, 1.807) is 17.6 Å². The Labute approximate surface area is 164 Å². The van der Waals surface area contributed by atoms with Gasteiger partial charge in [0.25, 0.3) is 0 Å². The number of aromatic nitrogens is 1. The number of alkyl halides is 3. The van der Waals surface area contributed by atoms with E-state index in [0.717, 1.165) is 0 Å². The summed E-state index contributed by atoms with van der Waals surface area (Å²) < 4.78 is 50.0. The number of fused-ring (bicyclic) bond motifs is 3. The number of hydrogen-bond acceptors (Lipinski definition) is 4. The highest BCUT2D eigenvalue weighted by Crippen LogP contribution is 2.40. The first-order chi connectivity index (χ1) is 13.5. The summed E-state index contributed by atoms with van der Waals surface area (Å²) in [5.74, 6) is -0.994. The summed E-state index contributed by atoms with van der Waals surface area (Å²) in [7, 11) is 0. The summed E-state index contributed by atoms with van der Waals surface area (Å²) in [6.07, 6.45) is -3.18. The molecule has 1 N–H and O–H groups in total. The zero-order valence-corrected chi connectivity index (χ0v) is 16.0. The first-order valence-electron chi connectivity index (χ1n) is 8.94. The third-order valence-corrected chi connectivity index (χ3v) is 4.79. The van der Waals surface area contributed by atoms with Gasteiger partial charge in [-0.25, -0.2) is 4.79 Å². The van der Waals surface area contributed by atoms with Crippen LogP contribution in [-0.4, -0.2) is 35.0 Å². The quantitative estimate of drug-likeness (QED) is 0.821. The molecular formula is C20H20F3NO5. The number of benzene rings is 1. The summed E-state index contributed by atoms with van der Waals surface area (Å²) >= 11 is 0. The third-order valence-electron chi connectivity index (χ3n) is 4.79. The molecule has 0 bridgehead atoms. The number of halogens is 3. The maximum Gasteiger partial charge on any atom is 0.422 e. The predicted molar refractivity (Wildman–Crippen MR) is 98.8 cm³/mol. The number of nitrogens with zero attached hydrogens (tertiary/aromatic N) is 1. The van der Waals surface area contributed by atoms with Gasteiger partial charge in [-0.1, -0.05) is 13.8 Å². The minimum Gasteiger partial charge on any atom is -0.491 e. The lowest BCUT2D eigenvalue weighted by Crippen LogP contribution is -2.25. The molecule has 0 fully saturated rings. The van der Waals surface area contributed by atoms with Crippen LogP contribution in [0.25, 0.3) is 11.3 Å². The van der Waals surface area contributed by atoms with Crippen molar-refractivity contribution in [2.24, 2.45) is 5.92 Å². The first-order valence-corrected chi connectivity index (χ1v) is 8.94. The second-order valence-electron chi connectivity index (χ2n) is 7.29. The summed E-state index contributed by atoms with van der Waals surface area (Å²) in [6.45, 7) is 4.16. The zero-order chi connectivity index (χ0) is 21.5. The molecule has 1 aromatic carbocycles. The summed E-state index contributed by atoms with van der Waals surface area (Å²) in [5, 5.41) is 9.31. The Hall–Kier alpha value is -2.97. The van der Waals surface area contributed by atoms with Gasteiger partial charge < -0.3 is 19.1 Å². The number of aromatic carboxylic acids is 1. The Balaban J connectivity index is 2.17. The topological polar surface area (TPSA) is 77.8 Å². The van der Waals surface area contributed by atoms with E-state index in [1.165, 1.54) is 18.3 Å². The van der Waals surface area contributed by atoms with E-state index in [4.69, 9.17) is 9.47 Å². The minimum atomic E-state index is -4.48. The van der Waals surface area contributed by atoms with Crippen molar-refractivity contribution in [2.75, 3.05) is 13.2 Å². The maximum atomic E-state index is 12.5. The molecule has 1 aromatic heterocycles. The van der Waals surface area contributed by atoms with E-state index < -0.39 is 24.2 Å². The Morgan fingerprint density at radius 2 is 2.03 bits per heavy atom. The van der Waals surface area contributed by atoms with E-state index in [2.05, 4.69) is 0 Å². The van der Waals surface area contributed by atoms with E-state index in [0.29, 0.717) is 16.8 Å². The number of carbonyl (C=O) groups is 1. The van der Waals surface area contributed by atoms with E-state index in [1.807, 2.05) is 13.8 Å². The van der Waals surface area contributed by atoms with Crippen LogP contribution in [0.3, 0.4) is 0 Å². The van der Waals surface area contributed by atoms with Crippen LogP contribution >= 0.6 is 0 Å². The van der Waals surface area contributed by atoms with Gasteiger partial charge in [0.1, 0.15) is 23.7 Å².